The molecule has 0 aliphatic heterocycles. The van der Waals surface area contributed by atoms with Gasteiger partial charge in [-0.15, -0.1) is 0 Å². The van der Waals surface area contributed by atoms with E-state index in [1.807, 2.05) is 19.9 Å². The molecule has 0 fully saturated rings. The normalized spacial score (nSPS) is 12.1. The molecular formula is C23H14F6N2. The van der Waals surface area contributed by atoms with E-state index < -0.39 is 29.0 Å². The smallest absolute Gasteiger partial charge is 0.192 e. The monoisotopic (exact) mass is 432 g/mol. The Hall–Kier alpha value is -3.52. The second-order valence-corrected chi connectivity index (χ2v) is 7.33. The van der Waals surface area contributed by atoms with Crippen molar-refractivity contribution in [1.29, 1.82) is 10.5 Å². The van der Waals surface area contributed by atoms with Crippen molar-refractivity contribution >= 4 is 10.8 Å². The van der Waals surface area contributed by atoms with Crippen molar-refractivity contribution in [1.82, 2.24) is 0 Å². The summed E-state index contributed by atoms with van der Waals surface area (Å²) < 4.78 is 80.3. The predicted molar refractivity (Wildman–Crippen MR) is 103 cm³/mol. The highest BCUT2D eigenvalue weighted by Crippen LogP contribution is 2.42. The van der Waals surface area contributed by atoms with E-state index >= 15 is 0 Å². The van der Waals surface area contributed by atoms with E-state index in [1.54, 1.807) is 24.3 Å². The lowest BCUT2D eigenvalue weighted by Crippen LogP contribution is -2.11. The second-order valence-electron chi connectivity index (χ2n) is 7.33. The fourth-order valence-electron chi connectivity index (χ4n) is 3.38. The number of nitriles is 2. The zero-order valence-corrected chi connectivity index (χ0v) is 16.3. The van der Waals surface area contributed by atoms with Gasteiger partial charge in [-0.1, -0.05) is 32.0 Å². The number of halogens is 6. The lowest BCUT2D eigenvalue weighted by Gasteiger charge is -2.17. The Morgan fingerprint density at radius 1 is 0.774 bits per heavy atom. The van der Waals surface area contributed by atoms with E-state index in [4.69, 9.17) is 0 Å². The van der Waals surface area contributed by atoms with Gasteiger partial charge in [-0.25, -0.2) is 0 Å². The van der Waals surface area contributed by atoms with Gasteiger partial charge < -0.3 is 0 Å². The number of alkyl halides is 6. The first-order chi connectivity index (χ1) is 14.4. The van der Waals surface area contributed by atoms with Crippen molar-refractivity contribution in [2.45, 2.75) is 32.1 Å². The van der Waals surface area contributed by atoms with Crippen molar-refractivity contribution in [2.24, 2.45) is 0 Å². The number of nitrogens with zero attached hydrogens (tertiary/aromatic N) is 2. The highest BCUT2D eigenvalue weighted by molar-refractivity contribution is 6.01. The van der Waals surface area contributed by atoms with Gasteiger partial charge in [-0.3, -0.25) is 0 Å². The highest BCUT2D eigenvalue weighted by Gasteiger charge is 2.37. The standard InChI is InChI=1S/C23H14F6N2/c1-12(2)13-3-4-14-5-16(10-30)20(11-31)21(19(14)8-13)15-6-17(22(24,25)26)9-18(7-15)23(27,28)29/h3-9,12H,1-2H3. The van der Waals surface area contributed by atoms with Gasteiger partial charge in [-0.05, 0) is 52.1 Å². The third kappa shape index (κ3) is 4.20. The van der Waals surface area contributed by atoms with Gasteiger partial charge in [0, 0.05) is 5.56 Å². The molecule has 0 amide bonds. The summed E-state index contributed by atoms with van der Waals surface area (Å²) in [6.45, 7) is 3.75. The molecule has 0 bridgehead atoms. The van der Waals surface area contributed by atoms with Gasteiger partial charge >= 0.3 is 12.4 Å². The lowest BCUT2D eigenvalue weighted by atomic mass is 9.87. The largest absolute Gasteiger partial charge is 0.416 e. The molecule has 3 aromatic carbocycles. The fourth-order valence-corrected chi connectivity index (χ4v) is 3.38. The summed E-state index contributed by atoms with van der Waals surface area (Å²) >= 11 is 0. The van der Waals surface area contributed by atoms with Crippen molar-refractivity contribution in [3.63, 3.8) is 0 Å². The number of hydrogen-bond acceptors (Lipinski definition) is 2. The lowest BCUT2D eigenvalue weighted by molar-refractivity contribution is -0.143. The molecule has 31 heavy (non-hydrogen) atoms. The van der Waals surface area contributed by atoms with Gasteiger partial charge in [0.2, 0.25) is 0 Å². The molecule has 0 aliphatic rings. The molecule has 0 radical (unpaired) electrons. The quantitative estimate of drug-likeness (QED) is 0.396. The van der Waals surface area contributed by atoms with Crippen LogP contribution in [0.4, 0.5) is 26.3 Å². The molecule has 3 rings (SSSR count). The van der Waals surface area contributed by atoms with Crippen molar-refractivity contribution < 1.29 is 26.3 Å². The van der Waals surface area contributed by atoms with Crippen LogP contribution in [0.3, 0.4) is 0 Å². The minimum absolute atomic E-state index is 0.0191. The highest BCUT2D eigenvalue weighted by atomic mass is 19.4. The SMILES string of the molecule is CC(C)c1ccc2cc(C#N)c(C#N)c(-c3cc(C(F)(F)F)cc(C(F)(F)F)c3)c2c1. The third-order valence-corrected chi connectivity index (χ3v) is 4.94. The molecule has 0 N–H and O–H groups in total. The zero-order chi connectivity index (χ0) is 23.1. The molecule has 2 nitrogen and oxygen atoms in total. The summed E-state index contributed by atoms with van der Waals surface area (Å²) in [5.74, 6) is 0.0191. The summed E-state index contributed by atoms with van der Waals surface area (Å²) in [4.78, 5) is 0. The first-order valence-electron chi connectivity index (χ1n) is 9.07. The third-order valence-electron chi connectivity index (χ3n) is 4.94. The molecule has 0 spiro atoms. The first kappa shape index (κ1) is 22.2. The van der Waals surface area contributed by atoms with Gasteiger partial charge in [0.15, 0.2) is 0 Å². The van der Waals surface area contributed by atoms with Crippen LogP contribution < -0.4 is 0 Å². The van der Waals surface area contributed by atoms with Gasteiger partial charge in [-0.2, -0.15) is 36.9 Å². The topological polar surface area (TPSA) is 47.6 Å². The molecule has 158 valence electrons. The van der Waals surface area contributed by atoms with E-state index in [2.05, 4.69) is 0 Å². The number of benzene rings is 3. The van der Waals surface area contributed by atoms with Gasteiger partial charge in [0.05, 0.1) is 22.3 Å². The van der Waals surface area contributed by atoms with Crippen molar-refractivity contribution in [3.05, 3.63) is 70.3 Å². The molecule has 0 aromatic heterocycles. The minimum Gasteiger partial charge on any atom is -0.192 e. The molecule has 8 heteroatoms. The van der Waals surface area contributed by atoms with Crippen molar-refractivity contribution in [2.75, 3.05) is 0 Å². The first-order valence-corrected chi connectivity index (χ1v) is 9.07. The molecule has 0 saturated carbocycles. The average molecular weight is 432 g/mol. The summed E-state index contributed by atoms with van der Waals surface area (Å²) in [6, 6.07) is 11.2. The van der Waals surface area contributed by atoms with Gasteiger partial charge in [0.1, 0.15) is 12.1 Å². The fraction of sp³-hybridized carbons (Fsp3) is 0.217. The van der Waals surface area contributed by atoms with E-state index in [0.717, 1.165) is 5.56 Å². The maximum Gasteiger partial charge on any atom is 0.416 e. The Bertz CT molecular complexity index is 1220. The Balaban J connectivity index is 2.53. The van der Waals surface area contributed by atoms with Crippen LogP contribution in [0, 0.1) is 22.7 Å². The Kier molecular flexibility index (Phi) is 5.45. The van der Waals surface area contributed by atoms with Crippen LogP contribution in [0.25, 0.3) is 21.9 Å². The minimum atomic E-state index is -5.03. The van der Waals surface area contributed by atoms with Crippen LogP contribution in [0.2, 0.25) is 0 Å². The molecule has 0 saturated heterocycles. The van der Waals surface area contributed by atoms with Crippen molar-refractivity contribution in [3.8, 4) is 23.3 Å². The summed E-state index contributed by atoms with van der Waals surface area (Å²) in [6.07, 6.45) is -10.1. The molecule has 0 aliphatic carbocycles. The number of fused-ring (bicyclic) bond motifs is 1. The summed E-state index contributed by atoms with van der Waals surface area (Å²) in [7, 11) is 0. The van der Waals surface area contributed by atoms with Crippen LogP contribution in [-0.2, 0) is 12.4 Å². The van der Waals surface area contributed by atoms with Crippen LogP contribution in [0.1, 0.15) is 47.6 Å². The van der Waals surface area contributed by atoms with Crippen LogP contribution >= 0.6 is 0 Å². The Morgan fingerprint density at radius 3 is 1.81 bits per heavy atom. The van der Waals surface area contributed by atoms with E-state index in [9.17, 15) is 36.9 Å². The second kappa shape index (κ2) is 7.63. The maximum absolute atomic E-state index is 13.4. The Labute approximate surface area is 174 Å². The van der Waals surface area contributed by atoms with Gasteiger partial charge in [0.25, 0.3) is 0 Å². The average Bonchev–Trinajstić information content (AvgIpc) is 2.69. The zero-order valence-electron chi connectivity index (χ0n) is 16.3. The van der Waals surface area contributed by atoms with E-state index in [0.29, 0.717) is 22.9 Å². The molecule has 3 aromatic rings. The number of hydrogen-bond donors (Lipinski definition) is 0. The van der Waals surface area contributed by atoms with E-state index in [-0.39, 0.29) is 28.7 Å². The maximum atomic E-state index is 13.4. The van der Waals surface area contributed by atoms with E-state index in [1.165, 1.54) is 6.07 Å². The van der Waals surface area contributed by atoms with Crippen LogP contribution in [-0.4, -0.2) is 0 Å². The number of rotatable bonds is 2. The predicted octanol–water partition coefficient (Wildman–Crippen LogP) is 7.41. The molecule has 0 atom stereocenters. The summed E-state index contributed by atoms with van der Waals surface area (Å²) in [5.41, 5.74) is -3.16. The molecule has 0 unspecified atom stereocenters. The summed E-state index contributed by atoms with van der Waals surface area (Å²) in [5, 5.41) is 19.8. The molecular weight excluding hydrogens is 418 g/mol. The van der Waals surface area contributed by atoms with Crippen LogP contribution in [0.5, 0.6) is 0 Å². The molecule has 0 heterocycles. The Morgan fingerprint density at radius 2 is 1.35 bits per heavy atom. The van der Waals surface area contributed by atoms with Crippen LogP contribution in [0.15, 0.2) is 42.5 Å².